The predicted octanol–water partition coefficient (Wildman–Crippen LogP) is 5.42. The number of benzene rings is 2. The van der Waals surface area contributed by atoms with E-state index < -0.39 is 0 Å². The van der Waals surface area contributed by atoms with E-state index in [4.69, 9.17) is 23.2 Å². The van der Waals surface area contributed by atoms with E-state index in [-0.39, 0.29) is 11.2 Å². The minimum atomic E-state index is -0.303. The zero-order valence-corrected chi connectivity index (χ0v) is 14.0. The predicted molar refractivity (Wildman–Crippen MR) is 91.6 cm³/mol. The number of carbonyl (C=O) groups excluding carboxylic acids is 1. The Kier molecular flexibility index (Phi) is 5.57. The van der Waals surface area contributed by atoms with Crippen molar-refractivity contribution in [3.05, 3.63) is 58.1 Å². The minimum absolute atomic E-state index is 0.0819. The first kappa shape index (κ1) is 16.2. The fourth-order valence-electron chi connectivity index (χ4n) is 1.79. The third-order valence-corrected chi connectivity index (χ3v) is 4.97. The normalized spacial score (nSPS) is 12.0. The standard InChI is InChI=1S/C16H15Cl2NOS/c1-10-5-3-6-12(9-10)19-16(20)11(2)21-15-13(17)7-4-8-14(15)18/h3-9,11H,1-2H3,(H,19,20)/t11-/m0/s1. The van der Waals surface area contributed by atoms with Gasteiger partial charge < -0.3 is 5.32 Å². The van der Waals surface area contributed by atoms with Crippen LogP contribution in [-0.2, 0) is 4.79 Å². The first-order valence-corrected chi connectivity index (χ1v) is 8.09. The largest absolute Gasteiger partial charge is 0.325 e. The van der Waals surface area contributed by atoms with Gasteiger partial charge in [-0.15, -0.1) is 11.8 Å². The van der Waals surface area contributed by atoms with Gasteiger partial charge in [-0.05, 0) is 43.7 Å². The van der Waals surface area contributed by atoms with Crippen molar-refractivity contribution >= 4 is 46.6 Å². The average Bonchev–Trinajstić information content (AvgIpc) is 2.43. The van der Waals surface area contributed by atoms with Crippen LogP contribution in [0.2, 0.25) is 10.0 Å². The van der Waals surface area contributed by atoms with E-state index in [1.807, 2.05) is 38.1 Å². The van der Waals surface area contributed by atoms with Crippen molar-refractivity contribution in [2.45, 2.75) is 24.0 Å². The van der Waals surface area contributed by atoms with Gasteiger partial charge in [0.1, 0.15) is 0 Å². The lowest BCUT2D eigenvalue weighted by atomic mass is 10.2. The lowest BCUT2D eigenvalue weighted by molar-refractivity contribution is -0.115. The monoisotopic (exact) mass is 339 g/mol. The van der Waals surface area contributed by atoms with Crippen LogP contribution >= 0.6 is 35.0 Å². The van der Waals surface area contributed by atoms with E-state index in [0.717, 1.165) is 16.1 Å². The maximum Gasteiger partial charge on any atom is 0.237 e. The van der Waals surface area contributed by atoms with E-state index in [0.29, 0.717) is 10.0 Å². The Morgan fingerprint density at radius 3 is 2.38 bits per heavy atom. The highest BCUT2D eigenvalue weighted by Crippen LogP contribution is 2.36. The zero-order valence-electron chi connectivity index (χ0n) is 11.7. The molecule has 0 aliphatic rings. The van der Waals surface area contributed by atoms with E-state index >= 15 is 0 Å². The number of amides is 1. The van der Waals surface area contributed by atoms with Crippen LogP contribution in [0.1, 0.15) is 12.5 Å². The van der Waals surface area contributed by atoms with Gasteiger partial charge in [-0.2, -0.15) is 0 Å². The molecule has 0 bridgehead atoms. The molecule has 0 aromatic heterocycles. The van der Waals surface area contributed by atoms with Crippen LogP contribution in [0, 0.1) is 6.92 Å². The van der Waals surface area contributed by atoms with Crippen LogP contribution in [0.3, 0.4) is 0 Å². The molecule has 1 amide bonds. The highest BCUT2D eigenvalue weighted by atomic mass is 35.5. The van der Waals surface area contributed by atoms with E-state index in [9.17, 15) is 4.79 Å². The van der Waals surface area contributed by atoms with E-state index in [1.54, 1.807) is 18.2 Å². The zero-order chi connectivity index (χ0) is 15.4. The second-order valence-corrected chi connectivity index (χ2v) is 6.84. The molecule has 0 saturated carbocycles. The van der Waals surface area contributed by atoms with Crippen LogP contribution in [0.15, 0.2) is 47.4 Å². The van der Waals surface area contributed by atoms with Crippen molar-refractivity contribution in [1.82, 2.24) is 0 Å². The number of carbonyl (C=O) groups is 1. The molecule has 1 N–H and O–H groups in total. The number of hydrogen-bond acceptors (Lipinski definition) is 2. The summed E-state index contributed by atoms with van der Waals surface area (Å²) in [4.78, 5) is 13.0. The summed E-state index contributed by atoms with van der Waals surface area (Å²) >= 11 is 13.6. The average molecular weight is 340 g/mol. The van der Waals surface area contributed by atoms with Crippen LogP contribution in [0.5, 0.6) is 0 Å². The Balaban J connectivity index is 2.06. The highest BCUT2D eigenvalue weighted by molar-refractivity contribution is 8.00. The Hall–Kier alpha value is -1.16. The Morgan fingerprint density at radius 2 is 1.76 bits per heavy atom. The summed E-state index contributed by atoms with van der Waals surface area (Å²) in [7, 11) is 0. The van der Waals surface area contributed by atoms with Gasteiger partial charge in [0, 0.05) is 10.6 Å². The molecule has 2 aromatic rings. The Morgan fingerprint density at radius 1 is 1.14 bits per heavy atom. The molecule has 0 fully saturated rings. The molecule has 5 heteroatoms. The maximum absolute atomic E-state index is 12.2. The van der Waals surface area contributed by atoms with E-state index in [1.165, 1.54) is 11.8 Å². The molecule has 0 unspecified atom stereocenters. The Labute approximate surface area is 138 Å². The summed E-state index contributed by atoms with van der Waals surface area (Å²) in [6, 6.07) is 13.0. The number of rotatable bonds is 4. The summed E-state index contributed by atoms with van der Waals surface area (Å²) in [5, 5.41) is 3.71. The molecule has 0 aliphatic heterocycles. The summed E-state index contributed by atoms with van der Waals surface area (Å²) < 4.78 is 0. The fraction of sp³-hybridized carbons (Fsp3) is 0.188. The number of thioether (sulfide) groups is 1. The van der Waals surface area contributed by atoms with Crippen molar-refractivity contribution in [3.8, 4) is 0 Å². The SMILES string of the molecule is Cc1cccc(NC(=O)[C@H](C)Sc2c(Cl)cccc2Cl)c1. The molecule has 110 valence electrons. The topological polar surface area (TPSA) is 29.1 Å². The quantitative estimate of drug-likeness (QED) is 0.753. The highest BCUT2D eigenvalue weighted by Gasteiger charge is 2.17. The van der Waals surface area contributed by atoms with Gasteiger partial charge in [0.05, 0.1) is 15.3 Å². The van der Waals surface area contributed by atoms with Gasteiger partial charge in [-0.1, -0.05) is 41.4 Å². The lowest BCUT2D eigenvalue weighted by Gasteiger charge is -2.14. The summed E-state index contributed by atoms with van der Waals surface area (Å²) in [5.74, 6) is -0.0819. The number of halogens is 2. The summed E-state index contributed by atoms with van der Waals surface area (Å²) in [6.45, 7) is 3.81. The first-order chi connectivity index (χ1) is 9.97. The lowest BCUT2D eigenvalue weighted by Crippen LogP contribution is -2.22. The smallest absolute Gasteiger partial charge is 0.237 e. The fourth-order valence-corrected chi connectivity index (χ4v) is 3.34. The minimum Gasteiger partial charge on any atom is -0.325 e. The number of aryl methyl sites for hydroxylation is 1. The summed E-state index contributed by atoms with van der Waals surface area (Å²) in [5.41, 5.74) is 1.89. The van der Waals surface area contributed by atoms with Crippen molar-refractivity contribution in [1.29, 1.82) is 0 Å². The van der Waals surface area contributed by atoms with Crippen molar-refractivity contribution in [3.63, 3.8) is 0 Å². The van der Waals surface area contributed by atoms with Crippen molar-refractivity contribution < 1.29 is 4.79 Å². The molecular formula is C16H15Cl2NOS. The molecule has 21 heavy (non-hydrogen) atoms. The van der Waals surface area contributed by atoms with Gasteiger partial charge >= 0.3 is 0 Å². The molecule has 0 spiro atoms. The maximum atomic E-state index is 12.2. The second-order valence-electron chi connectivity index (χ2n) is 4.67. The molecular weight excluding hydrogens is 325 g/mol. The second kappa shape index (κ2) is 7.21. The Bertz CT molecular complexity index is 640. The van der Waals surface area contributed by atoms with Crippen LogP contribution in [0.25, 0.3) is 0 Å². The van der Waals surface area contributed by atoms with Crippen molar-refractivity contribution in [2.24, 2.45) is 0 Å². The first-order valence-electron chi connectivity index (χ1n) is 6.45. The molecule has 2 aromatic carbocycles. The van der Waals surface area contributed by atoms with Crippen molar-refractivity contribution in [2.75, 3.05) is 5.32 Å². The van der Waals surface area contributed by atoms with Crippen LogP contribution < -0.4 is 5.32 Å². The third kappa shape index (κ3) is 4.40. The van der Waals surface area contributed by atoms with Crippen LogP contribution in [0.4, 0.5) is 5.69 Å². The van der Waals surface area contributed by atoms with Gasteiger partial charge in [-0.25, -0.2) is 0 Å². The molecule has 0 heterocycles. The molecule has 2 nitrogen and oxygen atoms in total. The number of anilines is 1. The van der Waals surface area contributed by atoms with Gasteiger partial charge in [0.15, 0.2) is 0 Å². The number of hydrogen-bond donors (Lipinski definition) is 1. The van der Waals surface area contributed by atoms with Gasteiger partial charge in [0.2, 0.25) is 5.91 Å². The third-order valence-electron chi connectivity index (χ3n) is 2.87. The van der Waals surface area contributed by atoms with Gasteiger partial charge in [-0.3, -0.25) is 4.79 Å². The van der Waals surface area contributed by atoms with Crippen LogP contribution in [-0.4, -0.2) is 11.2 Å². The molecule has 0 aliphatic carbocycles. The molecule has 1 atom stereocenters. The molecule has 0 radical (unpaired) electrons. The van der Waals surface area contributed by atoms with E-state index in [2.05, 4.69) is 5.32 Å². The number of nitrogens with one attached hydrogen (secondary N) is 1. The molecule has 2 rings (SSSR count). The summed E-state index contributed by atoms with van der Waals surface area (Å²) in [6.07, 6.45) is 0. The van der Waals surface area contributed by atoms with Gasteiger partial charge in [0.25, 0.3) is 0 Å². The molecule has 0 saturated heterocycles.